The van der Waals surface area contributed by atoms with E-state index >= 15 is 0 Å². The van der Waals surface area contributed by atoms with Crippen LogP contribution in [0.1, 0.15) is 63.9 Å². The molecule has 0 amide bonds. The standard InChI is InChI=1S/C20H28F3N5O2/c1-19(29)8-2-3-15(9-19)26-17-13(10-24)11-25-18(28-17)27-14-4-6-16(7-5-14)30-12-20(21,22)23/h11,14-16,29H,2-9,12H2,1H3,(H2,25,26,27,28)/t14-,15-,16-,19+/m1/s1. The molecule has 2 aliphatic carbocycles. The number of hydrogen-bond acceptors (Lipinski definition) is 7. The summed E-state index contributed by atoms with van der Waals surface area (Å²) in [7, 11) is 0. The second kappa shape index (κ2) is 9.35. The fourth-order valence-electron chi connectivity index (χ4n) is 4.19. The number of rotatable bonds is 6. The summed E-state index contributed by atoms with van der Waals surface area (Å²) in [6.07, 6.45) is 2.24. The number of aromatic nitrogens is 2. The molecule has 0 spiro atoms. The van der Waals surface area contributed by atoms with Crippen molar-refractivity contribution in [1.82, 2.24) is 9.97 Å². The molecule has 2 atom stereocenters. The van der Waals surface area contributed by atoms with Crippen LogP contribution in [-0.2, 0) is 4.74 Å². The van der Waals surface area contributed by atoms with Crippen LogP contribution in [0.15, 0.2) is 6.20 Å². The summed E-state index contributed by atoms with van der Waals surface area (Å²) in [5.74, 6) is 0.804. The van der Waals surface area contributed by atoms with Gasteiger partial charge in [0.15, 0.2) is 0 Å². The monoisotopic (exact) mass is 427 g/mol. The summed E-state index contributed by atoms with van der Waals surface area (Å²) in [5.41, 5.74) is -0.404. The van der Waals surface area contributed by atoms with E-state index in [4.69, 9.17) is 4.74 Å². The third-order valence-corrected chi connectivity index (χ3v) is 5.69. The van der Waals surface area contributed by atoms with Crippen molar-refractivity contribution in [2.24, 2.45) is 0 Å². The molecule has 0 aliphatic heterocycles. The summed E-state index contributed by atoms with van der Waals surface area (Å²) < 4.78 is 41.8. The van der Waals surface area contributed by atoms with Gasteiger partial charge in [-0.2, -0.15) is 23.4 Å². The van der Waals surface area contributed by atoms with Crippen molar-refractivity contribution >= 4 is 11.8 Å². The third kappa shape index (κ3) is 6.71. The van der Waals surface area contributed by atoms with Gasteiger partial charge in [0.2, 0.25) is 5.95 Å². The number of nitriles is 1. The lowest BCUT2D eigenvalue weighted by atomic mass is 9.83. The minimum absolute atomic E-state index is 0.0184. The topological polar surface area (TPSA) is 103 Å². The zero-order valence-electron chi connectivity index (χ0n) is 17.0. The molecule has 0 radical (unpaired) electrons. The van der Waals surface area contributed by atoms with Crippen LogP contribution in [0.2, 0.25) is 0 Å². The van der Waals surface area contributed by atoms with Crippen LogP contribution in [0.5, 0.6) is 0 Å². The van der Waals surface area contributed by atoms with E-state index in [0.717, 1.165) is 19.3 Å². The summed E-state index contributed by atoms with van der Waals surface area (Å²) in [6.45, 7) is 0.603. The highest BCUT2D eigenvalue weighted by molar-refractivity contribution is 5.54. The molecule has 7 nitrogen and oxygen atoms in total. The zero-order chi connectivity index (χ0) is 21.8. The number of alkyl halides is 3. The fourth-order valence-corrected chi connectivity index (χ4v) is 4.19. The molecule has 2 aliphatic rings. The number of nitrogens with zero attached hydrogens (tertiary/aromatic N) is 3. The molecule has 2 fully saturated rings. The SMILES string of the molecule is C[C@]1(O)CCC[C@@H](Nc2nc(N[C@H]3CC[C@H](OCC(F)(F)F)CC3)ncc2C#N)C1. The lowest BCUT2D eigenvalue weighted by Gasteiger charge is -2.34. The maximum atomic E-state index is 12.3. The Balaban J connectivity index is 1.56. The van der Waals surface area contributed by atoms with E-state index in [1.54, 1.807) is 0 Å². The van der Waals surface area contributed by atoms with Crippen molar-refractivity contribution in [2.45, 2.75) is 88.3 Å². The predicted octanol–water partition coefficient (Wildman–Crippen LogP) is 3.76. The smallest absolute Gasteiger partial charge is 0.390 e. The first-order valence-electron chi connectivity index (χ1n) is 10.3. The van der Waals surface area contributed by atoms with E-state index in [0.29, 0.717) is 49.4 Å². The van der Waals surface area contributed by atoms with Gasteiger partial charge >= 0.3 is 6.18 Å². The zero-order valence-corrected chi connectivity index (χ0v) is 17.0. The van der Waals surface area contributed by atoms with Gasteiger partial charge in [0.05, 0.1) is 17.9 Å². The Hall–Kier alpha value is -2.12. The van der Waals surface area contributed by atoms with Crippen molar-refractivity contribution in [3.05, 3.63) is 11.8 Å². The number of hydrogen-bond donors (Lipinski definition) is 3. The first-order chi connectivity index (χ1) is 14.1. The second-order valence-electron chi connectivity index (χ2n) is 8.55. The highest BCUT2D eigenvalue weighted by Gasteiger charge is 2.32. The molecule has 0 aromatic carbocycles. The van der Waals surface area contributed by atoms with Crippen LogP contribution in [0.3, 0.4) is 0 Å². The van der Waals surface area contributed by atoms with Crippen molar-refractivity contribution in [3.63, 3.8) is 0 Å². The first-order valence-corrected chi connectivity index (χ1v) is 10.3. The van der Waals surface area contributed by atoms with Gasteiger partial charge in [0.25, 0.3) is 0 Å². The molecule has 10 heteroatoms. The Morgan fingerprint density at radius 1 is 1.23 bits per heavy atom. The predicted molar refractivity (Wildman–Crippen MR) is 105 cm³/mol. The Morgan fingerprint density at radius 2 is 1.97 bits per heavy atom. The lowest BCUT2D eigenvalue weighted by Crippen LogP contribution is -2.38. The van der Waals surface area contributed by atoms with Gasteiger partial charge in [-0.05, 0) is 58.3 Å². The van der Waals surface area contributed by atoms with Crippen molar-refractivity contribution < 1.29 is 23.0 Å². The van der Waals surface area contributed by atoms with Gasteiger partial charge in [-0.25, -0.2) is 4.98 Å². The summed E-state index contributed by atoms with van der Waals surface area (Å²) in [6, 6.07) is 2.14. The van der Waals surface area contributed by atoms with Crippen molar-refractivity contribution in [3.8, 4) is 6.07 Å². The summed E-state index contributed by atoms with van der Waals surface area (Å²) in [5, 5.41) is 26.2. The van der Waals surface area contributed by atoms with E-state index in [-0.39, 0.29) is 18.2 Å². The van der Waals surface area contributed by atoms with Crippen LogP contribution in [-0.4, -0.2) is 51.6 Å². The molecule has 3 rings (SSSR count). The maximum Gasteiger partial charge on any atom is 0.411 e. The van der Waals surface area contributed by atoms with Gasteiger partial charge in [0, 0.05) is 12.1 Å². The van der Waals surface area contributed by atoms with Crippen LogP contribution in [0.25, 0.3) is 0 Å². The van der Waals surface area contributed by atoms with E-state index in [2.05, 4.69) is 26.7 Å². The number of nitrogens with one attached hydrogen (secondary N) is 2. The highest BCUT2D eigenvalue weighted by atomic mass is 19.4. The minimum Gasteiger partial charge on any atom is -0.390 e. The van der Waals surface area contributed by atoms with Gasteiger partial charge in [-0.1, -0.05) is 0 Å². The lowest BCUT2D eigenvalue weighted by molar-refractivity contribution is -0.187. The third-order valence-electron chi connectivity index (χ3n) is 5.69. The molecule has 0 saturated heterocycles. The van der Waals surface area contributed by atoms with Crippen LogP contribution >= 0.6 is 0 Å². The maximum absolute atomic E-state index is 12.3. The molecule has 1 heterocycles. The van der Waals surface area contributed by atoms with Crippen molar-refractivity contribution in [1.29, 1.82) is 5.26 Å². The van der Waals surface area contributed by atoms with E-state index < -0.39 is 18.4 Å². The average Bonchev–Trinajstić information content (AvgIpc) is 2.66. The van der Waals surface area contributed by atoms with Gasteiger partial charge < -0.3 is 20.5 Å². The molecule has 1 aromatic heterocycles. The van der Waals surface area contributed by atoms with Gasteiger partial charge in [-0.3, -0.25) is 0 Å². The van der Waals surface area contributed by atoms with E-state index in [9.17, 15) is 23.5 Å². The summed E-state index contributed by atoms with van der Waals surface area (Å²) >= 11 is 0. The summed E-state index contributed by atoms with van der Waals surface area (Å²) in [4.78, 5) is 8.65. The quantitative estimate of drug-likeness (QED) is 0.635. The molecule has 0 unspecified atom stereocenters. The molecule has 0 bridgehead atoms. The number of aliphatic hydroxyl groups is 1. The van der Waals surface area contributed by atoms with Gasteiger partial charge in [0.1, 0.15) is 24.1 Å². The second-order valence-corrected chi connectivity index (χ2v) is 8.55. The van der Waals surface area contributed by atoms with Gasteiger partial charge in [-0.15, -0.1) is 0 Å². The van der Waals surface area contributed by atoms with E-state index in [1.807, 2.05) is 6.92 Å². The first kappa shape index (κ1) is 22.6. The molecule has 30 heavy (non-hydrogen) atoms. The largest absolute Gasteiger partial charge is 0.411 e. The number of ether oxygens (including phenoxy) is 1. The number of anilines is 2. The molecule has 166 valence electrons. The van der Waals surface area contributed by atoms with Crippen LogP contribution in [0, 0.1) is 11.3 Å². The van der Waals surface area contributed by atoms with Crippen LogP contribution < -0.4 is 10.6 Å². The molecule has 1 aromatic rings. The van der Waals surface area contributed by atoms with E-state index in [1.165, 1.54) is 6.20 Å². The van der Waals surface area contributed by atoms with Crippen LogP contribution in [0.4, 0.5) is 24.9 Å². The normalized spacial score (nSPS) is 29.8. The molecular weight excluding hydrogens is 399 g/mol. The Labute approximate surface area is 174 Å². The van der Waals surface area contributed by atoms with Crippen molar-refractivity contribution in [2.75, 3.05) is 17.2 Å². The average molecular weight is 427 g/mol. The Bertz CT molecular complexity index is 758. The highest BCUT2D eigenvalue weighted by Crippen LogP contribution is 2.30. The molecular formula is C20H28F3N5O2. The fraction of sp³-hybridized carbons (Fsp3) is 0.750. The molecule has 2 saturated carbocycles. The molecule has 3 N–H and O–H groups in total. The Kier molecular flexibility index (Phi) is 7.03. The Morgan fingerprint density at radius 3 is 2.60 bits per heavy atom. The minimum atomic E-state index is -4.30. The number of halogens is 3.